The van der Waals surface area contributed by atoms with E-state index in [1.165, 1.54) is 11.8 Å². The molecule has 6 nitrogen and oxygen atoms in total. The molecule has 1 aliphatic rings. The van der Waals surface area contributed by atoms with Crippen LogP contribution in [0.5, 0.6) is 0 Å². The molecular formula is C12H18N4O2S. The molecule has 0 spiro atoms. The van der Waals surface area contributed by atoms with Crippen molar-refractivity contribution in [2.24, 2.45) is 0 Å². The molecule has 0 aliphatic heterocycles. The van der Waals surface area contributed by atoms with Crippen molar-refractivity contribution in [3.8, 4) is 0 Å². The predicted octanol–water partition coefficient (Wildman–Crippen LogP) is 0.981. The molecule has 2 rings (SSSR count). The first-order chi connectivity index (χ1) is 9.24. The van der Waals surface area contributed by atoms with Crippen molar-refractivity contribution < 1.29 is 9.53 Å². The topological polar surface area (TPSA) is 69.0 Å². The summed E-state index contributed by atoms with van der Waals surface area (Å²) in [6, 6.07) is 0.392. The highest BCUT2D eigenvalue weighted by Gasteiger charge is 2.23. The molecule has 19 heavy (non-hydrogen) atoms. The minimum atomic E-state index is 0.0499. The fourth-order valence-electron chi connectivity index (χ4n) is 1.60. The maximum atomic E-state index is 11.6. The quantitative estimate of drug-likeness (QED) is 0.568. The molecule has 1 aromatic rings. The lowest BCUT2D eigenvalue weighted by Crippen LogP contribution is -2.27. The molecule has 1 N–H and O–H groups in total. The van der Waals surface area contributed by atoms with Gasteiger partial charge in [-0.25, -0.2) is 0 Å². The SMILES string of the molecule is C=CCn1c(COC)nnc1SCC(=O)NC1CC1. The van der Waals surface area contributed by atoms with E-state index < -0.39 is 0 Å². The van der Waals surface area contributed by atoms with Crippen LogP contribution >= 0.6 is 11.8 Å². The van der Waals surface area contributed by atoms with Crippen molar-refractivity contribution in [1.82, 2.24) is 20.1 Å². The molecule has 0 saturated heterocycles. The van der Waals surface area contributed by atoms with E-state index in [9.17, 15) is 4.79 Å². The lowest BCUT2D eigenvalue weighted by molar-refractivity contribution is -0.118. The first kappa shape index (κ1) is 14.1. The monoisotopic (exact) mass is 282 g/mol. The molecule has 0 atom stereocenters. The Hall–Kier alpha value is -1.34. The zero-order valence-corrected chi connectivity index (χ0v) is 11.8. The number of hydrogen-bond donors (Lipinski definition) is 1. The highest BCUT2D eigenvalue weighted by molar-refractivity contribution is 7.99. The number of carbonyl (C=O) groups is 1. The van der Waals surface area contributed by atoms with E-state index in [0.29, 0.717) is 24.9 Å². The molecule has 1 fully saturated rings. The number of allylic oxidation sites excluding steroid dienone is 1. The Labute approximate surface area is 116 Å². The standard InChI is InChI=1S/C12H18N4O2S/c1-3-6-16-10(7-18-2)14-15-12(16)19-8-11(17)13-9-4-5-9/h3,9H,1,4-8H2,2H3,(H,13,17). The fraction of sp³-hybridized carbons (Fsp3) is 0.583. The minimum Gasteiger partial charge on any atom is -0.377 e. The van der Waals surface area contributed by atoms with E-state index in [2.05, 4.69) is 22.1 Å². The first-order valence-electron chi connectivity index (χ1n) is 6.18. The average molecular weight is 282 g/mol. The second-order valence-electron chi connectivity index (χ2n) is 4.36. The van der Waals surface area contributed by atoms with Gasteiger partial charge in [-0.1, -0.05) is 17.8 Å². The molecule has 1 heterocycles. The molecule has 1 amide bonds. The van der Waals surface area contributed by atoms with E-state index in [1.807, 2.05) is 4.57 Å². The lowest BCUT2D eigenvalue weighted by Gasteiger charge is -2.07. The summed E-state index contributed by atoms with van der Waals surface area (Å²) in [5, 5.41) is 11.8. The summed E-state index contributed by atoms with van der Waals surface area (Å²) in [4.78, 5) is 11.6. The third-order valence-corrected chi connectivity index (χ3v) is 3.62. The number of nitrogens with zero attached hydrogens (tertiary/aromatic N) is 3. The van der Waals surface area contributed by atoms with Gasteiger partial charge in [0.15, 0.2) is 11.0 Å². The Bertz CT molecular complexity index is 457. The molecular weight excluding hydrogens is 264 g/mol. The molecule has 1 aromatic heterocycles. The number of nitrogens with one attached hydrogen (secondary N) is 1. The van der Waals surface area contributed by atoms with Crippen molar-refractivity contribution in [2.75, 3.05) is 12.9 Å². The Kier molecular flexibility index (Phi) is 4.98. The normalized spacial score (nSPS) is 14.4. The van der Waals surface area contributed by atoms with Crippen molar-refractivity contribution in [3.63, 3.8) is 0 Å². The van der Waals surface area contributed by atoms with Crippen LogP contribution in [0.4, 0.5) is 0 Å². The molecule has 0 radical (unpaired) electrons. The van der Waals surface area contributed by atoms with Crippen LogP contribution in [0.3, 0.4) is 0 Å². The van der Waals surface area contributed by atoms with Crippen LogP contribution in [0.25, 0.3) is 0 Å². The zero-order chi connectivity index (χ0) is 13.7. The number of hydrogen-bond acceptors (Lipinski definition) is 5. The second-order valence-corrected chi connectivity index (χ2v) is 5.30. The van der Waals surface area contributed by atoms with Gasteiger partial charge < -0.3 is 14.6 Å². The first-order valence-corrected chi connectivity index (χ1v) is 7.17. The molecule has 0 unspecified atom stereocenters. The van der Waals surface area contributed by atoms with E-state index in [1.54, 1.807) is 13.2 Å². The van der Waals surface area contributed by atoms with Gasteiger partial charge in [-0.3, -0.25) is 4.79 Å². The summed E-state index contributed by atoms with van der Waals surface area (Å²) in [5.74, 6) is 1.15. The number of rotatable bonds is 8. The van der Waals surface area contributed by atoms with Crippen molar-refractivity contribution >= 4 is 17.7 Å². The third kappa shape index (κ3) is 4.07. The lowest BCUT2D eigenvalue weighted by atomic mass is 10.5. The summed E-state index contributed by atoms with van der Waals surface area (Å²) < 4.78 is 6.98. The number of thioether (sulfide) groups is 1. The van der Waals surface area contributed by atoms with Crippen LogP contribution in [0, 0.1) is 0 Å². The Balaban J connectivity index is 1.93. The van der Waals surface area contributed by atoms with Gasteiger partial charge in [0, 0.05) is 19.7 Å². The summed E-state index contributed by atoms with van der Waals surface area (Å²) in [5.41, 5.74) is 0. The molecule has 104 valence electrons. The Morgan fingerprint density at radius 1 is 1.63 bits per heavy atom. The molecule has 7 heteroatoms. The van der Waals surface area contributed by atoms with Gasteiger partial charge in [0.2, 0.25) is 5.91 Å². The number of carbonyl (C=O) groups excluding carboxylic acids is 1. The summed E-state index contributed by atoms with van der Waals surface area (Å²) in [6.07, 6.45) is 3.97. The maximum Gasteiger partial charge on any atom is 0.230 e. The Morgan fingerprint density at radius 3 is 3.05 bits per heavy atom. The molecule has 0 aromatic carbocycles. The van der Waals surface area contributed by atoms with Crippen molar-refractivity contribution in [1.29, 1.82) is 0 Å². The summed E-state index contributed by atoms with van der Waals surface area (Å²) in [6.45, 7) is 4.72. The van der Waals surface area contributed by atoms with E-state index in [-0.39, 0.29) is 5.91 Å². The van der Waals surface area contributed by atoms with E-state index >= 15 is 0 Å². The summed E-state index contributed by atoms with van der Waals surface area (Å²) in [7, 11) is 1.61. The molecule has 1 aliphatic carbocycles. The Morgan fingerprint density at radius 2 is 2.42 bits per heavy atom. The van der Waals surface area contributed by atoms with Gasteiger partial charge in [0.05, 0.1) is 5.75 Å². The zero-order valence-electron chi connectivity index (χ0n) is 11.0. The smallest absolute Gasteiger partial charge is 0.230 e. The number of aromatic nitrogens is 3. The third-order valence-electron chi connectivity index (χ3n) is 2.65. The highest BCUT2D eigenvalue weighted by Crippen LogP contribution is 2.20. The van der Waals surface area contributed by atoms with Crippen molar-refractivity contribution in [2.45, 2.75) is 37.2 Å². The molecule has 0 bridgehead atoms. The van der Waals surface area contributed by atoms with Gasteiger partial charge in [0.25, 0.3) is 0 Å². The number of ether oxygens (including phenoxy) is 1. The number of methoxy groups -OCH3 is 1. The van der Waals surface area contributed by atoms with Crippen LogP contribution in [-0.2, 0) is 22.7 Å². The fourth-order valence-corrected chi connectivity index (χ4v) is 2.38. The van der Waals surface area contributed by atoms with Crippen LogP contribution in [0.2, 0.25) is 0 Å². The van der Waals surface area contributed by atoms with Crippen LogP contribution in [0.1, 0.15) is 18.7 Å². The van der Waals surface area contributed by atoms with Crippen LogP contribution in [0.15, 0.2) is 17.8 Å². The average Bonchev–Trinajstić information content (AvgIpc) is 3.12. The van der Waals surface area contributed by atoms with Gasteiger partial charge in [-0.15, -0.1) is 16.8 Å². The van der Waals surface area contributed by atoms with Gasteiger partial charge in [-0.2, -0.15) is 0 Å². The van der Waals surface area contributed by atoms with Crippen molar-refractivity contribution in [3.05, 3.63) is 18.5 Å². The van der Waals surface area contributed by atoms with Gasteiger partial charge in [0.1, 0.15) is 6.61 Å². The predicted molar refractivity (Wildman–Crippen MR) is 72.8 cm³/mol. The van der Waals surface area contributed by atoms with E-state index in [4.69, 9.17) is 4.74 Å². The molecule has 1 saturated carbocycles. The van der Waals surface area contributed by atoms with Gasteiger partial charge >= 0.3 is 0 Å². The minimum absolute atomic E-state index is 0.0499. The number of amides is 1. The summed E-state index contributed by atoms with van der Waals surface area (Å²) >= 11 is 1.39. The van der Waals surface area contributed by atoms with Crippen LogP contribution in [-0.4, -0.2) is 39.6 Å². The van der Waals surface area contributed by atoms with E-state index in [0.717, 1.165) is 23.8 Å². The highest BCUT2D eigenvalue weighted by atomic mass is 32.2. The largest absolute Gasteiger partial charge is 0.377 e. The van der Waals surface area contributed by atoms with Gasteiger partial charge in [-0.05, 0) is 12.8 Å². The maximum absolute atomic E-state index is 11.6. The van der Waals surface area contributed by atoms with Crippen LogP contribution < -0.4 is 5.32 Å². The second kappa shape index (κ2) is 6.72.